The molecule has 0 bridgehead atoms. The van der Waals surface area contributed by atoms with Gasteiger partial charge in [0.1, 0.15) is 17.3 Å². The molecule has 0 saturated heterocycles. The van der Waals surface area contributed by atoms with Gasteiger partial charge in [-0.25, -0.2) is 4.79 Å². The largest absolute Gasteiger partial charge is 0.507 e. The van der Waals surface area contributed by atoms with Crippen molar-refractivity contribution in [2.75, 3.05) is 7.11 Å². The molecule has 0 unspecified atom stereocenters. The Labute approximate surface area is 127 Å². The average molecular weight is 300 g/mol. The summed E-state index contributed by atoms with van der Waals surface area (Å²) in [6.07, 6.45) is -0.0701. The third-order valence-corrected chi connectivity index (χ3v) is 3.21. The maximum atomic E-state index is 12.3. The molecule has 0 spiro atoms. The van der Waals surface area contributed by atoms with E-state index in [0.717, 1.165) is 0 Å². The van der Waals surface area contributed by atoms with Crippen LogP contribution in [0, 0.1) is 6.92 Å². The lowest BCUT2D eigenvalue weighted by Gasteiger charge is -2.07. The molecular weight excluding hydrogens is 284 g/mol. The molecule has 2 rings (SSSR count). The van der Waals surface area contributed by atoms with E-state index in [-0.39, 0.29) is 29.1 Å². The molecule has 0 aliphatic heterocycles. The first-order valence-corrected chi connectivity index (χ1v) is 6.61. The Morgan fingerprint density at radius 3 is 2.50 bits per heavy atom. The smallest absolute Gasteiger partial charge is 0.343 e. The number of ether oxygens (including phenoxy) is 1. The van der Waals surface area contributed by atoms with E-state index in [1.54, 1.807) is 31.2 Å². The van der Waals surface area contributed by atoms with Crippen LogP contribution in [-0.2, 0) is 6.42 Å². The molecular formula is C17H16O5. The van der Waals surface area contributed by atoms with Crippen molar-refractivity contribution in [3.63, 3.8) is 0 Å². The summed E-state index contributed by atoms with van der Waals surface area (Å²) >= 11 is 0. The zero-order chi connectivity index (χ0) is 16.3. The van der Waals surface area contributed by atoms with Gasteiger partial charge < -0.3 is 14.3 Å². The number of methoxy groups -OCH3 is 1. The molecule has 114 valence electrons. The molecule has 5 nitrogen and oxygen atoms in total. The summed E-state index contributed by atoms with van der Waals surface area (Å²) in [6, 6.07) is 7.89. The molecule has 2 aromatic rings. The van der Waals surface area contributed by atoms with E-state index in [0.29, 0.717) is 17.1 Å². The summed E-state index contributed by atoms with van der Waals surface area (Å²) < 4.78 is 9.95. The van der Waals surface area contributed by atoms with Crippen LogP contribution in [0.25, 0.3) is 0 Å². The number of aryl methyl sites for hydroxylation is 1. The second-order valence-electron chi connectivity index (χ2n) is 4.85. The summed E-state index contributed by atoms with van der Waals surface area (Å²) in [7, 11) is 1.54. The number of benzene rings is 1. The van der Waals surface area contributed by atoms with Crippen LogP contribution in [0.4, 0.5) is 0 Å². The number of aromatic hydroxyl groups is 1. The lowest BCUT2D eigenvalue weighted by molar-refractivity contribution is 0.103. The van der Waals surface area contributed by atoms with Crippen molar-refractivity contribution >= 4 is 5.78 Å². The van der Waals surface area contributed by atoms with E-state index in [1.807, 2.05) is 0 Å². The van der Waals surface area contributed by atoms with Gasteiger partial charge in [-0.05, 0) is 36.8 Å². The third kappa shape index (κ3) is 3.25. The predicted octanol–water partition coefficient (Wildman–Crippen LogP) is 2.64. The summed E-state index contributed by atoms with van der Waals surface area (Å²) in [5, 5.41) is 9.81. The predicted molar refractivity (Wildman–Crippen MR) is 81.5 cm³/mol. The van der Waals surface area contributed by atoms with Crippen molar-refractivity contribution in [1.82, 2.24) is 0 Å². The van der Waals surface area contributed by atoms with Crippen molar-refractivity contribution in [1.29, 1.82) is 0 Å². The highest BCUT2D eigenvalue weighted by Gasteiger charge is 2.16. The minimum atomic E-state index is -0.666. The molecule has 1 aromatic heterocycles. The number of hydrogen-bond acceptors (Lipinski definition) is 5. The van der Waals surface area contributed by atoms with Gasteiger partial charge in [-0.1, -0.05) is 6.58 Å². The molecule has 0 amide bonds. The number of Topliss-reactive ketones (excluding diaryl/α,β-unsaturated/α-hetero) is 1. The van der Waals surface area contributed by atoms with Crippen molar-refractivity contribution in [2.24, 2.45) is 0 Å². The molecule has 1 aromatic carbocycles. The monoisotopic (exact) mass is 300 g/mol. The van der Waals surface area contributed by atoms with Crippen LogP contribution in [0.15, 0.2) is 51.7 Å². The molecule has 0 atom stereocenters. The fourth-order valence-electron chi connectivity index (χ4n) is 2.02. The second kappa shape index (κ2) is 6.30. The number of hydrogen-bond donors (Lipinski definition) is 1. The molecule has 5 heteroatoms. The molecule has 0 fully saturated rings. The highest BCUT2D eigenvalue weighted by molar-refractivity contribution is 6.08. The van der Waals surface area contributed by atoms with Gasteiger partial charge in [0.2, 0.25) is 0 Å². The Kier molecular flexibility index (Phi) is 4.46. The molecule has 0 saturated carbocycles. The molecule has 0 radical (unpaired) electrons. The summed E-state index contributed by atoms with van der Waals surface area (Å²) in [5.74, 6) is 0.441. The maximum Gasteiger partial charge on any atom is 0.343 e. The van der Waals surface area contributed by atoms with Gasteiger partial charge in [-0.2, -0.15) is 0 Å². The fraction of sp³-hybridized carbons (Fsp3) is 0.176. The van der Waals surface area contributed by atoms with Crippen molar-refractivity contribution in [3.05, 3.63) is 69.8 Å². The van der Waals surface area contributed by atoms with E-state index in [9.17, 15) is 14.7 Å². The second-order valence-corrected chi connectivity index (χ2v) is 4.85. The van der Waals surface area contributed by atoms with Crippen LogP contribution in [0.5, 0.6) is 11.5 Å². The van der Waals surface area contributed by atoms with E-state index in [1.165, 1.54) is 13.2 Å². The summed E-state index contributed by atoms with van der Waals surface area (Å²) in [5.41, 5.74) is -0.0166. The van der Waals surface area contributed by atoms with E-state index >= 15 is 0 Å². The van der Waals surface area contributed by atoms with Gasteiger partial charge in [0.15, 0.2) is 5.78 Å². The molecule has 0 aliphatic rings. The number of rotatable bonds is 5. The Morgan fingerprint density at radius 2 is 1.95 bits per heavy atom. The summed E-state index contributed by atoms with van der Waals surface area (Å²) in [4.78, 5) is 24.0. The zero-order valence-corrected chi connectivity index (χ0v) is 12.4. The topological polar surface area (TPSA) is 76.7 Å². The lowest BCUT2D eigenvalue weighted by Crippen LogP contribution is -2.13. The van der Waals surface area contributed by atoms with Gasteiger partial charge in [-0.15, -0.1) is 0 Å². The van der Waals surface area contributed by atoms with Gasteiger partial charge in [-0.3, -0.25) is 4.79 Å². The zero-order valence-electron chi connectivity index (χ0n) is 12.4. The first-order chi connectivity index (χ1) is 10.4. The SMILES string of the molecule is C=C(Cc1c(O)cc(C)oc1=O)C(=O)c1ccc(OC)cc1. The standard InChI is InChI=1S/C17H16O5/c1-10(8-14-15(18)9-11(2)22-17(14)20)16(19)12-4-6-13(21-3)7-5-12/h4-7,9,18H,1,8H2,2-3H3. The Hall–Kier alpha value is -2.82. The lowest BCUT2D eigenvalue weighted by atomic mass is 9.99. The number of carbonyl (C=O) groups is 1. The van der Waals surface area contributed by atoms with Gasteiger partial charge in [0, 0.05) is 18.1 Å². The average Bonchev–Trinajstić information content (AvgIpc) is 2.50. The van der Waals surface area contributed by atoms with E-state index < -0.39 is 5.63 Å². The minimum Gasteiger partial charge on any atom is -0.507 e. The Morgan fingerprint density at radius 1 is 1.32 bits per heavy atom. The highest BCUT2D eigenvalue weighted by atomic mass is 16.5. The van der Waals surface area contributed by atoms with Gasteiger partial charge in [0.25, 0.3) is 0 Å². The third-order valence-electron chi connectivity index (χ3n) is 3.21. The van der Waals surface area contributed by atoms with Crippen LogP contribution < -0.4 is 10.4 Å². The minimum absolute atomic E-state index is 0.0254. The van der Waals surface area contributed by atoms with Crippen LogP contribution in [0.3, 0.4) is 0 Å². The van der Waals surface area contributed by atoms with Gasteiger partial charge >= 0.3 is 5.63 Å². The molecule has 22 heavy (non-hydrogen) atoms. The quantitative estimate of drug-likeness (QED) is 0.678. The van der Waals surface area contributed by atoms with Crippen LogP contribution in [0.1, 0.15) is 21.7 Å². The molecule has 1 heterocycles. The Balaban J connectivity index is 2.21. The van der Waals surface area contributed by atoms with Crippen LogP contribution >= 0.6 is 0 Å². The highest BCUT2D eigenvalue weighted by Crippen LogP contribution is 2.20. The fourth-order valence-corrected chi connectivity index (χ4v) is 2.02. The molecule has 1 N–H and O–H groups in total. The van der Waals surface area contributed by atoms with Crippen molar-refractivity contribution in [2.45, 2.75) is 13.3 Å². The first kappa shape index (κ1) is 15.6. The Bertz CT molecular complexity index is 769. The van der Waals surface area contributed by atoms with Crippen LogP contribution in [0.2, 0.25) is 0 Å². The number of carbonyl (C=O) groups excluding carboxylic acids is 1. The normalized spacial score (nSPS) is 10.3. The number of ketones is 1. The first-order valence-electron chi connectivity index (χ1n) is 6.61. The van der Waals surface area contributed by atoms with E-state index in [2.05, 4.69) is 6.58 Å². The number of allylic oxidation sites excluding steroid dienone is 1. The van der Waals surface area contributed by atoms with Crippen molar-refractivity contribution in [3.8, 4) is 11.5 Å². The molecule has 0 aliphatic carbocycles. The summed E-state index contributed by atoms with van der Waals surface area (Å²) in [6.45, 7) is 5.26. The maximum absolute atomic E-state index is 12.3. The van der Waals surface area contributed by atoms with E-state index in [4.69, 9.17) is 9.15 Å². The van der Waals surface area contributed by atoms with Gasteiger partial charge in [0.05, 0.1) is 12.7 Å². The van der Waals surface area contributed by atoms with Crippen molar-refractivity contribution < 1.29 is 19.1 Å². The van der Waals surface area contributed by atoms with Crippen LogP contribution in [-0.4, -0.2) is 18.0 Å².